The quantitative estimate of drug-likeness (QED) is 0.512. The molecule has 142 valence electrons. The van der Waals surface area contributed by atoms with Crippen molar-refractivity contribution >= 4 is 34.5 Å². The van der Waals surface area contributed by atoms with E-state index in [1.165, 1.54) is 18.5 Å². The van der Waals surface area contributed by atoms with Gasteiger partial charge >= 0.3 is 5.97 Å². The maximum atomic E-state index is 12.5. The van der Waals surface area contributed by atoms with Crippen LogP contribution in [-0.2, 0) is 24.5 Å². The van der Waals surface area contributed by atoms with Crippen LogP contribution in [0.5, 0.6) is 0 Å². The van der Waals surface area contributed by atoms with Gasteiger partial charge in [-0.1, -0.05) is 0 Å². The Kier molecular flexibility index (Phi) is 10.4. The molecule has 0 aromatic heterocycles. The van der Waals surface area contributed by atoms with Crippen LogP contribution in [0.1, 0.15) is 19.3 Å². The van der Waals surface area contributed by atoms with E-state index < -0.39 is 16.2 Å². The molecule has 1 atom stereocenters. The highest BCUT2D eigenvalue weighted by Crippen LogP contribution is 2.21. The zero-order valence-corrected chi connectivity index (χ0v) is 15.7. The van der Waals surface area contributed by atoms with Gasteiger partial charge in [-0.3, -0.25) is 9.59 Å². The molecule has 0 aromatic carbocycles. The van der Waals surface area contributed by atoms with Gasteiger partial charge in [-0.15, -0.1) is 12.4 Å². The first-order chi connectivity index (χ1) is 10.8. The zero-order valence-electron chi connectivity index (χ0n) is 14.1. The molecule has 1 rings (SSSR count). The normalized spacial score (nSPS) is 18.8. The molecule has 1 aliphatic rings. The number of carbonyl (C=O) groups is 2. The Bertz CT molecular complexity index is 516. The number of nitrogens with zero attached hydrogens (tertiary/aromatic N) is 2. The minimum atomic E-state index is -3.70. The zero-order chi connectivity index (χ0) is 17.5. The van der Waals surface area contributed by atoms with E-state index in [9.17, 15) is 18.0 Å². The number of piperidine rings is 1. The van der Waals surface area contributed by atoms with E-state index in [1.807, 2.05) is 0 Å². The summed E-state index contributed by atoms with van der Waals surface area (Å²) in [6.07, 6.45) is 1.25. The molecule has 1 aliphatic heterocycles. The molecule has 9 nitrogen and oxygen atoms in total. The summed E-state index contributed by atoms with van der Waals surface area (Å²) < 4.78 is 31.9. The Balaban J connectivity index is 0.00000529. The van der Waals surface area contributed by atoms with Crippen LogP contribution in [0.3, 0.4) is 0 Å². The number of nitrogens with two attached hydrogens (primary N) is 1. The van der Waals surface area contributed by atoms with Crippen molar-refractivity contribution in [2.45, 2.75) is 19.3 Å². The van der Waals surface area contributed by atoms with Crippen molar-refractivity contribution < 1.29 is 22.7 Å². The second kappa shape index (κ2) is 10.8. The topological polar surface area (TPSA) is 122 Å². The van der Waals surface area contributed by atoms with Gasteiger partial charge in [-0.2, -0.15) is 17.0 Å². The minimum absolute atomic E-state index is 0. The van der Waals surface area contributed by atoms with Gasteiger partial charge in [0.25, 0.3) is 10.2 Å². The van der Waals surface area contributed by atoms with Crippen LogP contribution in [0.2, 0.25) is 0 Å². The van der Waals surface area contributed by atoms with Crippen molar-refractivity contribution in [2.75, 3.05) is 46.9 Å². The largest absolute Gasteiger partial charge is 0.469 e. The van der Waals surface area contributed by atoms with Crippen molar-refractivity contribution in [1.29, 1.82) is 0 Å². The summed E-state index contributed by atoms with van der Waals surface area (Å²) in [7, 11) is -1.03. The fourth-order valence-corrected chi connectivity index (χ4v) is 3.81. The van der Waals surface area contributed by atoms with E-state index in [1.54, 1.807) is 0 Å². The predicted molar refractivity (Wildman–Crippen MR) is 91.8 cm³/mol. The molecule has 24 heavy (non-hydrogen) atoms. The Morgan fingerprint density at radius 3 is 2.67 bits per heavy atom. The van der Waals surface area contributed by atoms with Crippen molar-refractivity contribution in [2.24, 2.45) is 11.7 Å². The lowest BCUT2D eigenvalue weighted by Gasteiger charge is -2.33. The lowest BCUT2D eigenvalue weighted by Crippen LogP contribution is -2.50. The predicted octanol–water partition coefficient (Wildman–Crippen LogP) is -1.07. The number of halogens is 1. The average molecular weight is 387 g/mol. The number of rotatable bonds is 8. The van der Waals surface area contributed by atoms with Crippen LogP contribution < -0.4 is 11.1 Å². The Morgan fingerprint density at radius 1 is 1.42 bits per heavy atom. The summed E-state index contributed by atoms with van der Waals surface area (Å²) >= 11 is 0. The smallest absolute Gasteiger partial charge is 0.306 e. The van der Waals surface area contributed by atoms with E-state index in [0.717, 1.165) is 4.31 Å². The standard InChI is InChI=1S/C13H26N4O5S.ClH/c1-16(9-5-12(18)22-2)23(20,21)17-8-3-4-11(10-17)13(19)15-7-6-14;/h11H,3-10,14H2,1-2H3,(H,15,19);1H. The van der Waals surface area contributed by atoms with Crippen molar-refractivity contribution in [3.8, 4) is 0 Å². The van der Waals surface area contributed by atoms with E-state index in [2.05, 4.69) is 10.1 Å². The molecule has 1 unspecified atom stereocenters. The highest BCUT2D eigenvalue weighted by Gasteiger charge is 2.34. The Morgan fingerprint density at radius 2 is 2.08 bits per heavy atom. The van der Waals surface area contributed by atoms with Gasteiger partial charge in [0.15, 0.2) is 0 Å². The first kappa shape index (κ1) is 23.1. The van der Waals surface area contributed by atoms with Crippen molar-refractivity contribution in [3.05, 3.63) is 0 Å². The molecule has 0 bridgehead atoms. The second-order valence-corrected chi connectivity index (χ2v) is 7.47. The molecule has 1 heterocycles. The van der Waals surface area contributed by atoms with Crippen LogP contribution in [0.15, 0.2) is 0 Å². The Hall–Kier alpha value is -0.940. The molecule has 11 heteroatoms. The van der Waals surface area contributed by atoms with Gasteiger partial charge in [-0.25, -0.2) is 0 Å². The summed E-state index contributed by atoms with van der Waals surface area (Å²) in [5, 5.41) is 2.69. The van der Waals surface area contributed by atoms with Crippen LogP contribution in [-0.4, -0.2) is 75.8 Å². The van der Waals surface area contributed by atoms with Crippen molar-refractivity contribution in [1.82, 2.24) is 13.9 Å². The summed E-state index contributed by atoms with van der Waals surface area (Å²) in [5.74, 6) is -1.02. The molecule has 0 aromatic rings. The summed E-state index contributed by atoms with van der Waals surface area (Å²) in [5.41, 5.74) is 5.35. The van der Waals surface area contributed by atoms with Gasteiger partial charge in [-0.05, 0) is 12.8 Å². The number of ether oxygens (including phenoxy) is 1. The van der Waals surface area contributed by atoms with Crippen LogP contribution in [0.4, 0.5) is 0 Å². The molecule has 0 spiro atoms. The molecular formula is C13H27ClN4O5S. The maximum absolute atomic E-state index is 12.5. The molecule has 1 fully saturated rings. The first-order valence-corrected chi connectivity index (χ1v) is 8.98. The highest BCUT2D eigenvalue weighted by molar-refractivity contribution is 7.86. The third-order valence-corrected chi connectivity index (χ3v) is 5.73. The first-order valence-electron chi connectivity index (χ1n) is 7.59. The fraction of sp³-hybridized carbons (Fsp3) is 0.846. The molecule has 0 saturated carbocycles. The lowest BCUT2D eigenvalue weighted by molar-refractivity contribution is -0.140. The number of nitrogens with one attached hydrogen (secondary N) is 1. The number of amides is 1. The maximum Gasteiger partial charge on any atom is 0.306 e. The molecule has 1 saturated heterocycles. The van der Waals surface area contributed by atoms with Crippen molar-refractivity contribution in [3.63, 3.8) is 0 Å². The second-order valence-electron chi connectivity index (χ2n) is 5.43. The van der Waals surface area contributed by atoms with Gasteiger partial charge in [0.2, 0.25) is 5.91 Å². The van der Waals surface area contributed by atoms with E-state index in [0.29, 0.717) is 32.5 Å². The Labute approximate surface area is 149 Å². The van der Waals surface area contributed by atoms with Crippen LogP contribution >= 0.6 is 12.4 Å². The van der Waals surface area contributed by atoms with Gasteiger partial charge in [0, 0.05) is 39.8 Å². The number of hydrogen-bond donors (Lipinski definition) is 2. The lowest BCUT2D eigenvalue weighted by atomic mass is 9.99. The molecular weight excluding hydrogens is 360 g/mol. The highest BCUT2D eigenvalue weighted by atomic mass is 35.5. The molecule has 0 radical (unpaired) electrons. The minimum Gasteiger partial charge on any atom is -0.469 e. The molecule has 1 amide bonds. The summed E-state index contributed by atoms with van der Waals surface area (Å²) in [6, 6.07) is 0. The SMILES string of the molecule is COC(=O)CCN(C)S(=O)(=O)N1CCCC(C(=O)NCCN)C1.Cl. The fourth-order valence-electron chi connectivity index (χ4n) is 2.37. The summed E-state index contributed by atoms with van der Waals surface area (Å²) in [4.78, 5) is 23.1. The number of carbonyl (C=O) groups excluding carboxylic acids is 2. The van der Waals surface area contributed by atoms with Gasteiger partial charge in [0.05, 0.1) is 19.4 Å². The average Bonchev–Trinajstić information content (AvgIpc) is 2.56. The van der Waals surface area contributed by atoms with E-state index in [4.69, 9.17) is 5.73 Å². The van der Waals surface area contributed by atoms with Gasteiger partial charge < -0.3 is 15.8 Å². The van der Waals surface area contributed by atoms with E-state index >= 15 is 0 Å². The number of methoxy groups -OCH3 is 1. The van der Waals surface area contributed by atoms with E-state index in [-0.39, 0.29) is 43.7 Å². The van der Waals surface area contributed by atoms with Crippen LogP contribution in [0, 0.1) is 5.92 Å². The van der Waals surface area contributed by atoms with Crippen LogP contribution in [0.25, 0.3) is 0 Å². The summed E-state index contributed by atoms with van der Waals surface area (Å²) in [6.45, 7) is 1.26. The number of hydrogen-bond acceptors (Lipinski definition) is 6. The molecule has 0 aliphatic carbocycles. The van der Waals surface area contributed by atoms with Gasteiger partial charge in [0.1, 0.15) is 0 Å². The monoisotopic (exact) mass is 386 g/mol. The third-order valence-electron chi connectivity index (χ3n) is 3.78. The third kappa shape index (κ3) is 6.52. The number of esters is 1. The molecule has 3 N–H and O–H groups in total.